The van der Waals surface area contributed by atoms with Crippen molar-refractivity contribution in [2.75, 3.05) is 19.8 Å². The first kappa shape index (κ1) is 18.6. The highest BCUT2D eigenvalue weighted by Gasteiger charge is 2.21. The molecule has 0 saturated heterocycles. The Labute approximate surface area is 144 Å². The van der Waals surface area contributed by atoms with Gasteiger partial charge in [0.15, 0.2) is 0 Å². The lowest BCUT2D eigenvalue weighted by molar-refractivity contribution is 0.101. The first-order valence-corrected chi connectivity index (χ1v) is 8.99. The Morgan fingerprint density at radius 1 is 1.21 bits per heavy atom. The van der Waals surface area contributed by atoms with Crippen LogP contribution in [-0.4, -0.2) is 37.1 Å². The molecule has 0 heterocycles. The standard InChI is InChI=1S/C19H29NO4/c1-2-23-19(22)20-12-13-24-17-10-8-15(9-11-17)14-16-6-4-3-5-7-18(16)21/h8-11,16,18,21H,2-7,12-14H2,1H3,(H,20,22)/t16-,18-/m0/s1. The average Bonchev–Trinajstić information content (AvgIpc) is 2.78. The second kappa shape index (κ2) is 10.2. The van der Waals surface area contributed by atoms with E-state index >= 15 is 0 Å². The summed E-state index contributed by atoms with van der Waals surface area (Å²) in [5, 5.41) is 12.8. The molecule has 2 N–H and O–H groups in total. The Morgan fingerprint density at radius 3 is 2.71 bits per heavy atom. The summed E-state index contributed by atoms with van der Waals surface area (Å²) in [7, 11) is 0. The average molecular weight is 335 g/mol. The van der Waals surface area contributed by atoms with Crippen LogP contribution < -0.4 is 10.1 Å². The fourth-order valence-electron chi connectivity index (χ4n) is 3.13. The number of aliphatic hydroxyl groups excluding tert-OH is 1. The van der Waals surface area contributed by atoms with Gasteiger partial charge in [-0.1, -0.05) is 31.4 Å². The van der Waals surface area contributed by atoms with Crippen LogP contribution in [0.1, 0.15) is 44.6 Å². The number of amides is 1. The maximum absolute atomic E-state index is 11.1. The maximum Gasteiger partial charge on any atom is 0.407 e. The molecule has 0 spiro atoms. The van der Waals surface area contributed by atoms with Crippen LogP contribution in [0.15, 0.2) is 24.3 Å². The Morgan fingerprint density at radius 2 is 1.96 bits per heavy atom. The molecule has 1 saturated carbocycles. The van der Waals surface area contributed by atoms with Crippen LogP contribution in [0.25, 0.3) is 0 Å². The predicted octanol–water partition coefficient (Wildman–Crippen LogP) is 3.30. The van der Waals surface area contributed by atoms with Gasteiger partial charge in [0.25, 0.3) is 0 Å². The van der Waals surface area contributed by atoms with Crippen molar-refractivity contribution in [3.63, 3.8) is 0 Å². The molecule has 24 heavy (non-hydrogen) atoms. The van der Waals surface area contributed by atoms with Crippen LogP contribution >= 0.6 is 0 Å². The van der Waals surface area contributed by atoms with Gasteiger partial charge in [0.1, 0.15) is 12.4 Å². The molecule has 5 heteroatoms. The third-order valence-corrected chi connectivity index (χ3v) is 4.46. The molecule has 1 aromatic rings. The number of hydrogen-bond acceptors (Lipinski definition) is 4. The number of rotatable bonds is 7. The van der Waals surface area contributed by atoms with E-state index in [1.54, 1.807) is 6.92 Å². The minimum atomic E-state index is -0.418. The summed E-state index contributed by atoms with van der Waals surface area (Å²) in [5.41, 5.74) is 1.23. The lowest BCUT2D eigenvalue weighted by Crippen LogP contribution is -2.28. The van der Waals surface area contributed by atoms with E-state index in [1.165, 1.54) is 18.4 Å². The highest BCUT2D eigenvalue weighted by molar-refractivity contribution is 5.66. The van der Waals surface area contributed by atoms with Gasteiger partial charge in [0.05, 0.1) is 19.3 Å². The number of alkyl carbamates (subject to hydrolysis) is 1. The van der Waals surface area contributed by atoms with Crippen molar-refractivity contribution in [1.29, 1.82) is 0 Å². The van der Waals surface area contributed by atoms with Crippen LogP contribution in [0, 0.1) is 5.92 Å². The van der Waals surface area contributed by atoms with E-state index in [2.05, 4.69) is 17.4 Å². The minimum absolute atomic E-state index is 0.169. The molecule has 1 fully saturated rings. The van der Waals surface area contributed by atoms with Crippen molar-refractivity contribution in [2.24, 2.45) is 5.92 Å². The van der Waals surface area contributed by atoms with Crippen molar-refractivity contribution >= 4 is 6.09 Å². The molecule has 0 aliphatic heterocycles. The summed E-state index contributed by atoms with van der Waals surface area (Å²) in [4.78, 5) is 11.1. The van der Waals surface area contributed by atoms with Crippen LogP contribution in [0.3, 0.4) is 0 Å². The van der Waals surface area contributed by atoms with Gasteiger partial charge in [-0.15, -0.1) is 0 Å². The van der Waals surface area contributed by atoms with E-state index in [0.717, 1.165) is 31.4 Å². The lowest BCUT2D eigenvalue weighted by atomic mass is 9.90. The lowest BCUT2D eigenvalue weighted by Gasteiger charge is -2.20. The van der Waals surface area contributed by atoms with Gasteiger partial charge < -0.3 is 19.9 Å². The zero-order valence-electron chi connectivity index (χ0n) is 14.5. The molecule has 0 aromatic heterocycles. The largest absolute Gasteiger partial charge is 0.492 e. The molecule has 0 radical (unpaired) electrons. The fraction of sp³-hybridized carbons (Fsp3) is 0.632. The number of hydrogen-bond donors (Lipinski definition) is 2. The number of nitrogens with one attached hydrogen (secondary N) is 1. The molecule has 5 nitrogen and oxygen atoms in total. The first-order valence-electron chi connectivity index (χ1n) is 8.99. The van der Waals surface area contributed by atoms with Crippen molar-refractivity contribution in [3.8, 4) is 5.75 Å². The van der Waals surface area contributed by atoms with Crippen LogP contribution in [0.5, 0.6) is 5.75 Å². The summed E-state index contributed by atoms with van der Waals surface area (Å²) in [6.07, 6.45) is 5.97. The second-order valence-electron chi connectivity index (χ2n) is 6.31. The molecule has 0 bridgehead atoms. The maximum atomic E-state index is 11.1. The summed E-state index contributed by atoms with van der Waals surface area (Å²) in [6.45, 7) is 2.95. The first-order chi connectivity index (χ1) is 11.7. The number of ether oxygens (including phenoxy) is 2. The summed E-state index contributed by atoms with van der Waals surface area (Å²) < 4.78 is 10.4. The molecule has 2 rings (SSSR count). The molecule has 2 atom stereocenters. The molecule has 0 unspecified atom stereocenters. The van der Waals surface area contributed by atoms with Gasteiger partial charge in [-0.2, -0.15) is 0 Å². The van der Waals surface area contributed by atoms with E-state index < -0.39 is 6.09 Å². The van der Waals surface area contributed by atoms with E-state index in [0.29, 0.717) is 25.7 Å². The van der Waals surface area contributed by atoms with Crippen molar-refractivity contribution in [1.82, 2.24) is 5.32 Å². The van der Waals surface area contributed by atoms with Gasteiger partial charge in [-0.25, -0.2) is 4.79 Å². The quantitative estimate of drug-likeness (QED) is 0.593. The van der Waals surface area contributed by atoms with Crippen molar-refractivity contribution < 1.29 is 19.4 Å². The zero-order chi connectivity index (χ0) is 17.2. The molecular formula is C19H29NO4. The smallest absolute Gasteiger partial charge is 0.407 e. The Bertz CT molecular complexity index is 489. The Balaban J connectivity index is 1.73. The highest BCUT2D eigenvalue weighted by Crippen LogP contribution is 2.27. The van der Waals surface area contributed by atoms with E-state index in [4.69, 9.17) is 9.47 Å². The molecule has 1 amide bonds. The SMILES string of the molecule is CCOC(=O)NCCOc1ccc(C[C@@H]2CCCCC[C@@H]2O)cc1. The van der Waals surface area contributed by atoms with Crippen LogP contribution in [0.2, 0.25) is 0 Å². The van der Waals surface area contributed by atoms with Crippen LogP contribution in [-0.2, 0) is 11.2 Å². The van der Waals surface area contributed by atoms with E-state index in [-0.39, 0.29) is 6.10 Å². The second-order valence-corrected chi connectivity index (χ2v) is 6.31. The van der Waals surface area contributed by atoms with Gasteiger partial charge in [0, 0.05) is 0 Å². The third kappa shape index (κ3) is 6.40. The molecule has 134 valence electrons. The molecule has 1 aliphatic rings. The Hall–Kier alpha value is -1.75. The number of benzene rings is 1. The summed E-state index contributed by atoms with van der Waals surface area (Å²) in [5.74, 6) is 1.15. The number of carbonyl (C=O) groups excluding carboxylic acids is 1. The fourth-order valence-corrected chi connectivity index (χ4v) is 3.13. The normalized spacial score (nSPS) is 20.9. The molecule has 1 aliphatic carbocycles. The van der Waals surface area contributed by atoms with E-state index in [9.17, 15) is 9.90 Å². The van der Waals surface area contributed by atoms with Crippen molar-refractivity contribution in [3.05, 3.63) is 29.8 Å². The van der Waals surface area contributed by atoms with Gasteiger partial charge >= 0.3 is 6.09 Å². The third-order valence-electron chi connectivity index (χ3n) is 4.46. The number of aliphatic hydroxyl groups is 1. The molecular weight excluding hydrogens is 306 g/mol. The summed E-state index contributed by atoms with van der Waals surface area (Å²) in [6, 6.07) is 8.02. The predicted molar refractivity (Wildman–Crippen MR) is 93.2 cm³/mol. The molecule has 1 aromatic carbocycles. The van der Waals surface area contributed by atoms with Gasteiger partial charge in [0.2, 0.25) is 0 Å². The van der Waals surface area contributed by atoms with Crippen LogP contribution in [0.4, 0.5) is 4.79 Å². The zero-order valence-corrected chi connectivity index (χ0v) is 14.5. The minimum Gasteiger partial charge on any atom is -0.492 e. The van der Waals surface area contributed by atoms with E-state index in [1.807, 2.05) is 12.1 Å². The number of carbonyl (C=O) groups is 1. The highest BCUT2D eigenvalue weighted by atomic mass is 16.5. The van der Waals surface area contributed by atoms with Crippen molar-refractivity contribution in [2.45, 2.75) is 51.6 Å². The monoisotopic (exact) mass is 335 g/mol. The Kier molecular flexibility index (Phi) is 7.89. The van der Waals surface area contributed by atoms with Gasteiger partial charge in [-0.3, -0.25) is 0 Å². The van der Waals surface area contributed by atoms with Gasteiger partial charge in [-0.05, 0) is 49.8 Å². The topological polar surface area (TPSA) is 67.8 Å². The summed E-state index contributed by atoms with van der Waals surface area (Å²) >= 11 is 0.